The molecule has 28 heavy (non-hydrogen) atoms. The number of aliphatic imine (C=N–C) groups is 1. The van der Waals surface area contributed by atoms with E-state index in [1.165, 1.54) is 12.4 Å². The first-order valence-corrected chi connectivity index (χ1v) is 8.68. The second-order valence-electron chi connectivity index (χ2n) is 5.49. The summed E-state index contributed by atoms with van der Waals surface area (Å²) >= 11 is 5.96. The number of hydrogen-bond acceptors (Lipinski definition) is 5. The summed E-state index contributed by atoms with van der Waals surface area (Å²) in [6.07, 6.45) is 7.99. The van der Waals surface area contributed by atoms with Crippen molar-refractivity contribution in [1.29, 1.82) is 0 Å². The van der Waals surface area contributed by atoms with Crippen LogP contribution in [-0.2, 0) is 0 Å². The molecule has 1 amide bonds. The molecular weight excluding hydrogens is 378 g/mol. The van der Waals surface area contributed by atoms with Crippen LogP contribution in [0.3, 0.4) is 0 Å². The maximum absolute atomic E-state index is 12.2. The maximum atomic E-state index is 12.2. The molecule has 0 aliphatic carbocycles. The number of hydrazone groups is 1. The lowest BCUT2D eigenvalue weighted by atomic mass is 10.3. The third kappa shape index (κ3) is 6.00. The first-order chi connectivity index (χ1) is 13.7. The summed E-state index contributed by atoms with van der Waals surface area (Å²) in [5.74, 6) is 0.473. The highest BCUT2D eigenvalue weighted by atomic mass is 35.5. The number of halogens is 1. The van der Waals surface area contributed by atoms with Crippen molar-refractivity contribution in [2.75, 3.05) is 6.61 Å². The van der Waals surface area contributed by atoms with Crippen molar-refractivity contribution in [1.82, 2.24) is 15.4 Å². The number of carbonyl (C=O) groups excluding carboxylic acids is 1. The van der Waals surface area contributed by atoms with E-state index in [9.17, 15) is 4.79 Å². The van der Waals surface area contributed by atoms with Gasteiger partial charge in [0.1, 0.15) is 12.4 Å². The Balaban J connectivity index is 1.73. The molecule has 0 atom stereocenters. The van der Waals surface area contributed by atoms with Gasteiger partial charge in [-0.1, -0.05) is 17.7 Å². The Morgan fingerprint density at radius 2 is 1.79 bits per heavy atom. The van der Waals surface area contributed by atoms with Gasteiger partial charge in [0.2, 0.25) is 0 Å². The molecule has 3 aromatic rings. The molecule has 0 aliphatic rings. The monoisotopic (exact) mass is 393 g/mol. The van der Waals surface area contributed by atoms with Crippen LogP contribution in [-0.4, -0.2) is 34.5 Å². The summed E-state index contributed by atoms with van der Waals surface area (Å²) in [7, 11) is 0. The fourth-order valence-corrected chi connectivity index (χ4v) is 2.27. The van der Waals surface area contributed by atoms with Crippen LogP contribution in [0, 0.1) is 0 Å². The van der Waals surface area contributed by atoms with Crippen LogP contribution < -0.4 is 10.2 Å². The molecule has 8 heteroatoms. The first-order valence-electron chi connectivity index (χ1n) is 8.30. The molecule has 3 rings (SSSR count). The van der Waals surface area contributed by atoms with Crippen molar-refractivity contribution in [2.45, 2.75) is 0 Å². The van der Waals surface area contributed by atoms with Crippen molar-refractivity contribution in [3.63, 3.8) is 0 Å². The van der Waals surface area contributed by atoms with E-state index in [-0.39, 0.29) is 18.3 Å². The average Bonchev–Trinajstić information content (AvgIpc) is 2.74. The Hall–Kier alpha value is -3.58. The first kappa shape index (κ1) is 19.2. The number of ether oxygens (including phenoxy) is 1. The average molecular weight is 394 g/mol. The number of amides is 1. The highest BCUT2D eigenvalue weighted by molar-refractivity contribution is 6.30. The topological polar surface area (TPSA) is 88.8 Å². The Kier molecular flexibility index (Phi) is 6.81. The van der Waals surface area contributed by atoms with Crippen LogP contribution in [0.5, 0.6) is 5.75 Å². The van der Waals surface area contributed by atoms with E-state index in [4.69, 9.17) is 16.3 Å². The third-order valence-corrected chi connectivity index (χ3v) is 3.70. The SMILES string of the molecule is O=C(N/N=C(/COc1cccc(Cl)c1)N=Cc1ccncc1)c1ccncc1. The fraction of sp³-hybridized carbons (Fsp3) is 0.0500. The molecule has 0 saturated heterocycles. The van der Waals surface area contributed by atoms with Gasteiger partial charge in [0.15, 0.2) is 5.84 Å². The van der Waals surface area contributed by atoms with Crippen LogP contribution in [0.1, 0.15) is 15.9 Å². The number of aromatic nitrogens is 2. The van der Waals surface area contributed by atoms with Crippen molar-refractivity contribution in [3.05, 3.63) is 89.5 Å². The summed E-state index contributed by atoms with van der Waals surface area (Å²) in [5.41, 5.74) is 3.75. The minimum Gasteiger partial charge on any atom is -0.485 e. The van der Waals surface area contributed by atoms with Gasteiger partial charge in [-0.05, 0) is 48.0 Å². The third-order valence-electron chi connectivity index (χ3n) is 3.46. The summed E-state index contributed by atoms with van der Waals surface area (Å²) in [5, 5.41) is 4.64. The number of nitrogens with zero attached hydrogens (tertiary/aromatic N) is 4. The molecule has 0 saturated carbocycles. The number of amidine groups is 1. The summed E-state index contributed by atoms with van der Waals surface area (Å²) < 4.78 is 5.67. The smallest absolute Gasteiger partial charge is 0.271 e. The number of pyridine rings is 2. The Morgan fingerprint density at radius 3 is 2.50 bits per heavy atom. The molecule has 0 radical (unpaired) electrons. The summed E-state index contributed by atoms with van der Waals surface area (Å²) in [4.78, 5) is 24.3. The lowest BCUT2D eigenvalue weighted by Gasteiger charge is -2.07. The standard InChI is InChI=1S/C20H16ClN5O2/c21-17-2-1-3-18(12-17)28-14-19(24-13-15-4-8-22-9-5-15)25-26-20(27)16-6-10-23-11-7-16/h1-13H,14H2,(H,26,27)/b24-13?,25-19-. The molecule has 0 bridgehead atoms. The number of nitrogens with one attached hydrogen (secondary N) is 1. The largest absolute Gasteiger partial charge is 0.485 e. The van der Waals surface area contributed by atoms with Crippen LogP contribution in [0.2, 0.25) is 5.02 Å². The van der Waals surface area contributed by atoms with Crippen molar-refractivity contribution in [3.8, 4) is 5.75 Å². The van der Waals surface area contributed by atoms with E-state index < -0.39 is 0 Å². The second kappa shape index (κ2) is 9.94. The van der Waals surface area contributed by atoms with Gasteiger partial charge in [-0.25, -0.2) is 10.4 Å². The quantitative estimate of drug-likeness (QED) is 0.395. The zero-order chi connectivity index (χ0) is 19.6. The highest BCUT2D eigenvalue weighted by Crippen LogP contribution is 2.17. The van der Waals surface area contributed by atoms with Gasteiger partial charge in [-0.3, -0.25) is 14.8 Å². The number of rotatable bonds is 6. The van der Waals surface area contributed by atoms with Crippen LogP contribution in [0.4, 0.5) is 0 Å². The van der Waals surface area contributed by atoms with E-state index >= 15 is 0 Å². The van der Waals surface area contributed by atoms with Gasteiger partial charge in [0, 0.05) is 41.6 Å². The molecule has 0 spiro atoms. The Morgan fingerprint density at radius 1 is 1.07 bits per heavy atom. The van der Waals surface area contributed by atoms with Gasteiger partial charge in [0.25, 0.3) is 5.91 Å². The van der Waals surface area contributed by atoms with Crippen molar-refractivity contribution in [2.24, 2.45) is 10.1 Å². The predicted molar refractivity (Wildman–Crippen MR) is 108 cm³/mol. The molecule has 140 valence electrons. The molecule has 2 aromatic heterocycles. The lowest BCUT2D eigenvalue weighted by molar-refractivity contribution is 0.0954. The van der Waals surface area contributed by atoms with Gasteiger partial charge in [0.05, 0.1) is 0 Å². The number of hydrogen-bond donors (Lipinski definition) is 1. The van der Waals surface area contributed by atoms with Crippen LogP contribution in [0.15, 0.2) is 83.4 Å². The van der Waals surface area contributed by atoms with Gasteiger partial charge >= 0.3 is 0 Å². The molecule has 0 fully saturated rings. The van der Waals surface area contributed by atoms with Crippen molar-refractivity contribution < 1.29 is 9.53 Å². The van der Waals surface area contributed by atoms with E-state index in [0.29, 0.717) is 16.3 Å². The van der Waals surface area contributed by atoms with Gasteiger partial charge in [-0.2, -0.15) is 5.10 Å². The minimum absolute atomic E-state index is 0.0402. The molecule has 0 aliphatic heterocycles. The normalized spacial score (nSPS) is 11.4. The summed E-state index contributed by atoms with van der Waals surface area (Å²) in [6, 6.07) is 13.8. The molecule has 7 nitrogen and oxygen atoms in total. The fourth-order valence-electron chi connectivity index (χ4n) is 2.08. The highest BCUT2D eigenvalue weighted by Gasteiger charge is 2.05. The van der Waals surface area contributed by atoms with E-state index in [2.05, 4.69) is 25.5 Å². The molecule has 1 N–H and O–H groups in total. The zero-order valence-corrected chi connectivity index (χ0v) is 15.5. The maximum Gasteiger partial charge on any atom is 0.271 e. The van der Waals surface area contributed by atoms with Crippen LogP contribution in [0.25, 0.3) is 0 Å². The zero-order valence-electron chi connectivity index (χ0n) is 14.7. The van der Waals surface area contributed by atoms with Gasteiger partial charge in [-0.15, -0.1) is 0 Å². The van der Waals surface area contributed by atoms with Crippen molar-refractivity contribution >= 4 is 29.6 Å². The van der Waals surface area contributed by atoms with Gasteiger partial charge < -0.3 is 4.74 Å². The molecular formula is C20H16ClN5O2. The minimum atomic E-state index is -0.373. The number of carbonyl (C=O) groups is 1. The molecule has 2 heterocycles. The van der Waals surface area contributed by atoms with Crippen LogP contribution >= 0.6 is 11.6 Å². The van der Waals surface area contributed by atoms with E-state index in [0.717, 1.165) is 5.56 Å². The summed E-state index contributed by atoms with van der Waals surface area (Å²) in [6.45, 7) is 0.0402. The lowest BCUT2D eigenvalue weighted by Crippen LogP contribution is -2.21. The Labute approximate surface area is 166 Å². The molecule has 0 unspecified atom stereocenters. The second-order valence-corrected chi connectivity index (χ2v) is 5.93. The van der Waals surface area contributed by atoms with E-state index in [1.807, 2.05) is 0 Å². The van der Waals surface area contributed by atoms with E-state index in [1.54, 1.807) is 67.1 Å². The Bertz CT molecular complexity index is 978. The number of benzene rings is 1. The predicted octanol–water partition coefficient (Wildman–Crippen LogP) is 3.37. The molecule has 1 aromatic carbocycles.